The third-order valence-corrected chi connectivity index (χ3v) is 6.08. The molecule has 1 heterocycles. The Kier molecular flexibility index (Phi) is 6.42. The Labute approximate surface area is 149 Å². The topological polar surface area (TPSA) is 84.9 Å². The lowest BCUT2D eigenvalue weighted by atomic mass is 10.0. The zero-order chi connectivity index (χ0) is 18.5. The molecule has 140 valence electrons. The molecule has 1 aromatic carbocycles. The van der Waals surface area contributed by atoms with E-state index in [0.717, 1.165) is 6.42 Å². The first-order chi connectivity index (χ1) is 11.7. The Bertz CT molecular complexity index is 679. The van der Waals surface area contributed by atoms with Gasteiger partial charge in [0, 0.05) is 18.6 Å². The Hall–Kier alpha value is -1.64. The summed E-state index contributed by atoms with van der Waals surface area (Å²) in [6, 6.07) is 6.11. The van der Waals surface area contributed by atoms with Crippen LogP contribution in [0, 0.1) is 0 Å². The number of morpholine rings is 1. The number of nitrogens with zero attached hydrogens (tertiary/aromatic N) is 1. The Balaban J connectivity index is 1.94. The van der Waals surface area contributed by atoms with E-state index in [1.54, 1.807) is 12.1 Å². The highest BCUT2D eigenvalue weighted by Gasteiger charge is 2.26. The van der Waals surface area contributed by atoms with Crippen LogP contribution >= 0.6 is 0 Å². The molecule has 0 spiro atoms. The molecule has 1 aliphatic heterocycles. The molecule has 1 aliphatic rings. The summed E-state index contributed by atoms with van der Waals surface area (Å²) in [7, 11) is -3.52. The Morgan fingerprint density at radius 2 is 1.84 bits per heavy atom. The van der Waals surface area contributed by atoms with Gasteiger partial charge in [0.1, 0.15) is 5.75 Å². The predicted molar refractivity (Wildman–Crippen MR) is 94.0 cm³/mol. The van der Waals surface area contributed by atoms with Crippen molar-refractivity contribution in [2.24, 2.45) is 0 Å². The van der Waals surface area contributed by atoms with Gasteiger partial charge in [-0.3, -0.25) is 4.79 Å². The van der Waals surface area contributed by atoms with E-state index in [1.807, 2.05) is 20.8 Å². The van der Waals surface area contributed by atoms with Gasteiger partial charge < -0.3 is 14.8 Å². The molecular formula is C17H26N2O5S. The van der Waals surface area contributed by atoms with Crippen LogP contribution in [0.3, 0.4) is 0 Å². The summed E-state index contributed by atoms with van der Waals surface area (Å²) in [4.78, 5) is 12.1. The summed E-state index contributed by atoms with van der Waals surface area (Å²) < 4.78 is 37.1. The van der Waals surface area contributed by atoms with Crippen LogP contribution in [-0.2, 0) is 19.6 Å². The fourth-order valence-electron chi connectivity index (χ4n) is 2.29. The Morgan fingerprint density at radius 1 is 1.24 bits per heavy atom. The molecule has 0 bridgehead atoms. The average Bonchev–Trinajstić information content (AvgIpc) is 2.61. The minimum Gasteiger partial charge on any atom is -0.484 e. The van der Waals surface area contributed by atoms with Crippen molar-refractivity contribution < 1.29 is 22.7 Å². The number of carbonyl (C=O) groups excluding carboxylic acids is 1. The molecule has 0 unspecified atom stereocenters. The number of amides is 1. The number of nitrogens with one attached hydrogen (secondary N) is 1. The minimum absolute atomic E-state index is 0.112. The van der Waals surface area contributed by atoms with Gasteiger partial charge in [-0.25, -0.2) is 8.42 Å². The first-order valence-corrected chi connectivity index (χ1v) is 9.80. The van der Waals surface area contributed by atoms with Crippen LogP contribution in [0.4, 0.5) is 0 Å². The zero-order valence-electron chi connectivity index (χ0n) is 14.9. The van der Waals surface area contributed by atoms with Crippen molar-refractivity contribution in [3.63, 3.8) is 0 Å². The molecule has 0 saturated carbocycles. The summed E-state index contributed by atoms with van der Waals surface area (Å²) in [5, 5.41) is 2.88. The molecule has 1 saturated heterocycles. The highest BCUT2D eigenvalue weighted by Crippen LogP contribution is 2.20. The number of hydrogen-bond acceptors (Lipinski definition) is 5. The van der Waals surface area contributed by atoms with Crippen molar-refractivity contribution in [3.05, 3.63) is 24.3 Å². The molecule has 25 heavy (non-hydrogen) atoms. The number of carbonyl (C=O) groups is 1. The van der Waals surface area contributed by atoms with Crippen LogP contribution in [0.5, 0.6) is 5.75 Å². The predicted octanol–water partition coefficient (Wildman–Crippen LogP) is 1.39. The molecule has 1 aromatic rings. The van der Waals surface area contributed by atoms with Crippen molar-refractivity contribution >= 4 is 15.9 Å². The maximum atomic E-state index is 12.5. The maximum Gasteiger partial charge on any atom is 0.258 e. The normalized spacial score (nSPS) is 16.4. The number of rotatable bonds is 7. The molecule has 0 atom stereocenters. The minimum atomic E-state index is -3.52. The van der Waals surface area contributed by atoms with Crippen LogP contribution in [0.15, 0.2) is 29.2 Å². The molecule has 1 amide bonds. The Morgan fingerprint density at radius 3 is 2.40 bits per heavy atom. The van der Waals surface area contributed by atoms with Crippen molar-refractivity contribution in [1.29, 1.82) is 0 Å². The van der Waals surface area contributed by atoms with Gasteiger partial charge in [0.25, 0.3) is 5.91 Å². The van der Waals surface area contributed by atoms with Gasteiger partial charge in [-0.1, -0.05) is 6.92 Å². The lowest BCUT2D eigenvalue weighted by Gasteiger charge is -2.26. The fraction of sp³-hybridized carbons (Fsp3) is 0.588. The molecule has 0 radical (unpaired) electrons. The smallest absolute Gasteiger partial charge is 0.258 e. The van der Waals surface area contributed by atoms with E-state index in [1.165, 1.54) is 16.4 Å². The van der Waals surface area contributed by atoms with E-state index >= 15 is 0 Å². The van der Waals surface area contributed by atoms with E-state index in [9.17, 15) is 13.2 Å². The first-order valence-electron chi connectivity index (χ1n) is 8.36. The van der Waals surface area contributed by atoms with E-state index in [-0.39, 0.29) is 22.9 Å². The third-order valence-electron chi connectivity index (χ3n) is 4.16. The summed E-state index contributed by atoms with van der Waals surface area (Å²) in [5.41, 5.74) is -0.281. The largest absolute Gasteiger partial charge is 0.484 e. The zero-order valence-corrected chi connectivity index (χ0v) is 15.8. The highest BCUT2D eigenvalue weighted by atomic mass is 32.2. The van der Waals surface area contributed by atoms with E-state index < -0.39 is 10.0 Å². The summed E-state index contributed by atoms with van der Waals surface area (Å²) in [5.74, 6) is 0.238. The number of ether oxygens (including phenoxy) is 2. The van der Waals surface area contributed by atoms with E-state index in [2.05, 4.69) is 5.32 Å². The highest BCUT2D eigenvalue weighted by molar-refractivity contribution is 7.89. The van der Waals surface area contributed by atoms with Gasteiger partial charge in [-0.05, 0) is 44.5 Å². The van der Waals surface area contributed by atoms with Crippen molar-refractivity contribution in [2.45, 2.75) is 37.6 Å². The van der Waals surface area contributed by atoms with Gasteiger partial charge in [-0.2, -0.15) is 4.31 Å². The maximum absolute atomic E-state index is 12.5. The fourth-order valence-corrected chi connectivity index (χ4v) is 3.70. The average molecular weight is 370 g/mol. The quantitative estimate of drug-likeness (QED) is 0.784. The van der Waals surface area contributed by atoms with Gasteiger partial charge in [0.2, 0.25) is 10.0 Å². The van der Waals surface area contributed by atoms with Crippen LogP contribution in [0.1, 0.15) is 27.2 Å². The second kappa shape index (κ2) is 8.16. The van der Waals surface area contributed by atoms with Crippen LogP contribution < -0.4 is 10.1 Å². The second-order valence-corrected chi connectivity index (χ2v) is 8.50. The molecule has 7 nitrogen and oxygen atoms in total. The second-order valence-electron chi connectivity index (χ2n) is 6.56. The lowest BCUT2D eigenvalue weighted by Crippen LogP contribution is -2.44. The number of sulfonamides is 1. The van der Waals surface area contributed by atoms with Crippen molar-refractivity contribution in [1.82, 2.24) is 9.62 Å². The SMILES string of the molecule is CCC(C)(C)NC(=O)COc1ccc(S(=O)(=O)N2CCOCC2)cc1. The molecule has 1 fully saturated rings. The van der Waals surface area contributed by atoms with Gasteiger partial charge in [0.05, 0.1) is 18.1 Å². The van der Waals surface area contributed by atoms with E-state index in [4.69, 9.17) is 9.47 Å². The van der Waals surface area contributed by atoms with Crippen molar-refractivity contribution in [3.8, 4) is 5.75 Å². The van der Waals surface area contributed by atoms with Crippen LogP contribution in [-0.4, -0.2) is 57.1 Å². The van der Waals surface area contributed by atoms with Crippen molar-refractivity contribution in [2.75, 3.05) is 32.9 Å². The molecule has 2 rings (SSSR count). The van der Waals surface area contributed by atoms with E-state index in [0.29, 0.717) is 32.1 Å². The molecule has 0 aliphatic carbocycles. The van der Waals surface area contributed by atoms with Gasteiger partial charge >= 0.3 is 0 Å². The number of benzene rings is 1. The summed E-state index contributed by atoms with van der Waals surface area (Å²) >= 11 is 0. The third kappa shape index (κ3) is 5.42. The molecule has 1 N–H and O–H groups in total. The van der Waals surface area contributed by atoms with Crippen LogP contribution in [0.25, 0.3) is 0 Å². The van der Waals surface area contributed by atoms with Crippen LogP contribution in [0.2, 0.25) is 0 Å². The number of hydrogen-bond donors (Lipinski definition) is 1. The molecule has 0 aromatic heterocycles. The molecule has 8 heteroatoms. The molecular weight excluding hydrogens is 344 g/mol. The monoisotopic (exact) mass is 370 g/mol. The van der Waals surface area contributed by atoms with Gasteiger partial charge in [0.15, 0.2) is 6.61 Å². The standard InChI is InChI=1S/C17H26N2O5S/c1-4-17(2,3)18-16(20)13-24-14-5-7-15(8-6-14)25(21,22)19-9-11-23-12-10-19/h5-8H,4,9-13H2,1-3H3,(H,18,20). The summed E-state index contributed by atoms with van der Waals surface area (Å²) in [6.07, 6.45) is 0.812. The first kappa shape index (κ1) is 19.7. The summed E-state index contributed by atoms with van der Waals surface area (Å²) in [6.45, 7) is 7.29. The lowest BCUT2D eigenvalue weighted by molar-refractivity contribution is -0.124. The van der Waals surface area contributed by atoms with Gasteiger partial charge in [-0.15, -0.1) is 0 Å².